The van der Waals surface area contributed by atoms with Crippen molar-refractivity contribution in [2.75, 3.05) is 20.0 Å². The Kier molecular flexibility index (Phi) is 3.55. The number of ether oxygens (including phenoxy) is 2. The molecule has 102 valence electrons. The Morgan fingerprint density at radius 3 is 2.32 bits per heavy atom. The maximum atomic E-state index is 13.0. The molecule has 0 aliphatic carbocycles. The minimum atomic E-state index is -2.68. The number of aromatic nitrogens is 1. The van der Waals surface area contributed by atoms with Crippen LogP contribution in [-0.2, 0) is 0 Å². The summed E-state index contributed by atoms with van der Waals surface area (Å²) in [6.07, 6.45) is -2.68. The van der Waals surface area contributed by atoms with Crippen molar-refractivity contribution in [2.45, 2.75) is 6.43 Å². The summed E-state index contributed by atoms with van der Waals surface area (Å²) in [6, 6.07) is 4.06. The monoisotopic (exact) mass is 270 g/mol. The Labute approximate surface area is 107 Å². The van der Waals surface area contributed by atoms with Crippen molar-refractivity contribution in [2.24, 2.45) is 0 Å². The predicted octanol–water partition coefficient (Wildman–Crippen LogP) is 2.88. The average molecular weight is 270 g/mol. The number of alkyl halides is 2. The maximum Gasteiger partial charge on any atom is 0.267 e. The summed E-state index contributed by atoms with van der Waals surface area (Å²) >= 11 is 0. The minimum absolute atomic E-state index is 0.0482. The summed E-state index contributed by atoms with van der Waals surface area (Å²) in [5.74, 6) is 0.480. The van der Waals surface area contributed by atoms with Gasteiger partial charge in [-0.05, 0) is 6.07 Å². The molecule has 2 N–H and O–H groups in total. The van der Waals surface area contributed by atoms with Crippen LogP contribution in [0.25, 0.3) is 11.3 Å². The Bertz CT molecular complexity index is 584. The van der Waals surface area contributed by atoms with E-state index in [0.29, 0.717) is 17.0 Å². The molecule has 2 aromatic rings. The Balaban J connectivity index is 2.62. The third-order valence-corrected chi connectivity index (χ3v) is 2.59. The maximum absolute atomic E-state index is 13.0. The molecule has 0 amide bonds. The lowest BCUT2D eigenvalue weighted by molar-refractivity contribution is 0.147. The van der Waals surface area contributed by atoms with Crippen LogP contribution in [0.3, 0.4) is 0 Å². The van der Waals surface area contributed by atoms with Gasteiger partial charge in [-0.25, -0.2) is 8.78 Å². The summed E-state index contributed by atoms with van der Waals surface area (Å²) in [6.45, 7) is 0. The van der Waals surface area contributed by atoms with Gasteiger partial charge in [0, 0.05) is 17.7 Å². The van der Waals surface area contributed by atoms with Crippen LogP contribution in [0.5, 0.6) is 11.5 Å². The van der Waals surface area contributed by atoms with Crippen LogP contribution < -0.4 is 15.2 Å². The fraction of sp³-hybridized carbons (Fsp3) is 0.250. The highest BCUT2D eigenvalue weighted by Gasteiger charge is 2.20. The molecule has 0 spiro atoms. The van der Waals surface area contributed by atoms with Crippen molar-refractivity contribution in [1.29, 1.82) is 0 Å². The number of halogens is 2. The topological polar surface area (TPSA) is 70.5 Å². The molecule has 19 heavy (non-hydrogen) atoms. The number of benzene rings is 1. The molecule has 0 radical (unpaired) electrons. The first-order valence-electron chi connectivity index (χ1n) is 5.33. The molecule has 0 unspecified atom stereocenters. The molecule has 1 heterocycles. The van der Waals surface area contributed by atoms with E-state index < -0.39 is 6.43 Å². The second-order valence-electron chi connectivity index (χ2n) is 3.71. The van der Waals surface area contributed by atoms with Gasteiger partial charge < -0.3 is 19.7 Å². The molecule has 0 atom stereocenters. The standard InChI is InChI=1S/C12H12F2N2O3/c1-17-9-5-10(18-2)7(12(13)14)3-6(9)8-4-11(15)19-16-8/h3-5,12H,15H2,1-2H3. The quantitative estimate of drug-likeness (QED) is 0.924. The first-order valence-corrected chi connectivity index (χ1v) is 5.33. The summed E-state index contributed by atoms with van der Waals surface area (Å²) in [7, 11) is 2.73. The van der Waals surface area contributed by atoms with E-state index in [2.05, 4.69) is 5.16 Å². The summed E-state index contributed by atoms with van der Waals surface area (Å²) < 4.78 is 40.7. The van der Waals surface area contributed by atoms with Gasteiger partial charge in [-0.15, -0.1) is 0 Å². The molecule has 5 nitrogen and oxygen atoms in total. The molecule has 0 fully saturated rings. The number of hydrogen-bond acceptors (Lipinski definition) is 5. The van der Waals surface area contributed by atoms with Gasteiger partial charge in [-0.2, -0.15) is 0 Å². The van der Waals surface area contributed by atoms with E-state index >= 15 is 0 Å². The average Bonchev–Trinajstić information content (AvgIpc) is 2.83. The Morgan fingerprint density at radius 2 is 1.84 bits per heavy atom. The van der Waals surface area contributed by atoms with Crippen molar-refractivity contribution in [3.8, 4) is 22.8 Å². The van der Waals surface area contributed by atoms with Crippen LogP contribution >= 0.6 is 0 Å². The third kappa shape index (κ3) is 2.44. The zero-order valence-electron chi connectivity index (χ0n) is 10.3. The fourth-order valence-electron chi connectivity index (χ4n) is 1.71. The summed E-state index contributed by atoms with van der Waals surface area (Å²) in [5, 5.41) is 3.68. The highest BCUT2D eigenvalue weighted by Crippen LogP contribution is 2.39. The first kappa shape index (κ1) is 13.1. The first-order chi connectivity index (χ1) is 9.06. The number of nitrogen functional groups attached to an aromatic ring is 1. The molecule has 2 rings (SSSR count). The van der Waals surface area contributed by atoms with Crippen molar-refractivity contribution < 1.29 is 22.8 Å². The van der Waals surface area contributed by atoms with Gasteiger partial charge in [-0.1, -0.05) is 5.16 Å². The lowest BCUT2D eigenvalue weighted by Crippen LogP contribution is -1.97. The molecule has 1 aromatic heterocycles. The van der Waals surface area contributed by atoms with E-state index in [0.717, 1.165) is 0 Å². The third-order valence-electron chi connectivity index (χ3n) is 2.59. The van der Waals surface area contributed by atoms with Crippen LogP contribution in [-0.4, -0.2) is 19.4 Å². The van der Waals surface area contributed by atoms with Gasteiger partial charge in [0.1, 0.15) is 17.2 Å². The van der Waals surface area contributed by atoms with Crippen molar-refractivity contribution >= 4 is 5.88 Å². The normalized spacial score (nSPS) is 10.8. The number of hydrogen-bond donors (Lipinski definition) is 1. The highest BCUT2D eigenvalue weighted by molar-refractivity contribution is 5.71. The SMILES string of the molecule is COc1cc(OC)c(C(F)F)cc1-c1cc(N)on1. The molecular weight excluding hydrogens is 258 g/mol. The van der Waals surface area contributed by atoms with E-state index in [1.54, 1.807) is 0 Å². The summed E-state index contributed by atoms with van der Waals surface area (Å²) in [4.78, 5) is 0. The molecule has 0 saturated carbocycles. The lowest BCUT2D eigenvalue weighted by Gasteiger charge is -2.13. The largest absolute Gasteiger partial charge is 0.496 e. The van der Waals surface area contributed by atoms with Crippen molar-refractivity contribution in [1.82, 2.24) is 5.16 Å². The molecular formula is C12H12F2N2O3. The molecule has 0 aliphatic rings. The van der Waals surface area contributed by atoms with Crippen LogP contribution in [0.4, 0.5) is 14.7 Å². The van der Waals surface area contributed by atoms with E-state index in [4.69, 9.17) is 19.7 Å². The van der Waals surface area contributed by atoms with Crippen LogP contribution in [0.2, 0.25) is 0 Å². The second-order valence-corrected chi connectivity index (χ2v) is 3.71. The van der Waals surface area contributed by atoms with E-state index in [9.17, 15) is 8.78 Å². The van der Waals surface area contributed by atoms with Gasteiger partial charge in [-0.3, -0.25) is 0 Å². The summed E-state index contributed by atoms with van der Waals surface area (Å²) in [5.41, 5.74) is 5.85. The second kappa shape index (κ2) is 5.13. The smallest absolute Gasteiger partial charge is 0.267 e. The van der Waals surface area contributed by atoms with Gasteiger partial charge in [0.2, 0.25) is 5.88 Å². The Morgan fingerprint density at radius 1 is 1.16 bits per heavy atom. The number of nitrogens with zero attached hydrogens (tertiary/aromatic N) is 1. The van der Waals surface area contributed by atoms with Gasteiger partial charge >= 0.3 is 0 Å². The minimum Gasteiger partial charge on any atom is -0.496 e. The van der Waals surface area contributed by atoms with Crippen molar-refractivity contribution in [3.05, 3.63) is 23.8 Å². The van der Waals surface area contributed by atoms with Gasteiger partial charge in [0.05, 0.1) is 19.8 Å². The fourth-order valence-corrected chi connectivity index (χ4v) is 1.71. The van der Waals surface area contributed by atoms with Gasteiger partial charge in [0.15, 0.2) is 0 Å². The zero-order chi connectivity index (χ0) is 14.0. The number of methoxy groups -OCH3 is 2. The van der Waals surface area contributed by atoms with Crippen molar-refractivity contribution in [3.63, 3.8) is 0 Å². The van der Waals surface area contributed by atoms with Crippen LogP contribution in [0.1, 0.15) is 12.0 Å². The highest BCUT2D eigenvalue weighted by atomic mass is 19.3. The Hall–Kier alpha value is -2.31. The zero-order valence-corrected chi connectivity index (χ0v) is 10.3. The van der Waals surface area contributed by atoms with E-state index in [-0.39, 0.29) is 17.2 Å². The number of anilines is 1. The number of nitrogens with two attached hydrogens (primary N) is 1. The predicted molar refractivity (Wildman–Crippen MR) is 64.4 cm³/mol. The lowest BCUT2D eigenvalue weighted by atomic mass is 10.1. The molecule has 1 aromatic carbocycles. The van der Waals surface area contributed by atoms with E-state index in [1.807, 2.05) is 0 Å². The van der Waals surface area contributed by atoms with Crippen LogP contribution in [0, 0.1) is 0 Å². The molecule has 7 heteroatoms. The van der Waals surface area contributed by atoms with Gasteiger partial charge in [0.25, 0.3) is 6.43 Å². The molecule has 0 bridgehead atoms. The molecule has 0 saturated heterocycles. The molecule has 0 aliphatic heterocycles. The number of rotatable bonds is 4. The van der Waals surface area contributed by atoms with Crippen LogP contribution in [0.15, 0.2) is 22.7 Å². The van der Waals surface area contributed by atoms with E-state index in [1.165, 1.54) is 32.4 Å².